The van der Waals surface area contributed by atoms with Gasteiger partial charge in [-0.25, -0.2) is 4.98 Å². The maximum absolute atomic E-state index is 13.3. The molecule has 0 aliphatic carbocycles. The van der Waals surface area contributed by atoms with Gasteiger partial charge in [-0.1, -0.05) is 72.8 Å². The largest absolute Gasteiger partial charge is 0.482 e. The van der Waals surface area contributed by atoms with Crippen molar-refractivity contribution in [2.24, 2.45) is 0 Å². The van der Waals surface area contributed by atoms with Gasteiger partial charge in [0.05, 0.1) is 11.7 Å². The Kier molecular flexibility index (Phi) is 6.62. The number of carbonyl (C=O) groups is 2. The Bertz CT molecular complexity index is 1370. The summed E-state index contributed by atoms with van der Waals surface area (Å²) in [5, 5.41) is 0. The highest BCUT2D eigenvalue weighted by atomic mass is 16.5. The monoisotopic (exact) mass is 508 g/mol. The number of piperazine rings is 1. The standard InChI is InChI=1S/C30H28N4O4/c35-28-21-37-26-14-8-7-13-25(26)34(28)19-27-31-24(20-38-27)30(36)33-17-15-32(16-18-33)29(22-9-3-1-4-10-22)23-11-5-2-6-12-23/h1-14,20,29H,15-19,21H2. The summed E-state index contributed by atoms with van der Waals surface area (Å²) in [6.07, 6.45) is 1.39. The third-order valence-electron chi connectivity index (χ3n) is 7.07. The number of hydrogen-bond donors (Lipinski definition) is 0. The lowest BCUT2D eigenvalue weighted by Gasteiger charge is -2.39. The number of nitrogens with zero attached hydrogens (tertiary/aromatic N) is 4. The average molecular weight is 509 g/mol. The van der Waals surface area contributed by atoms with E-state index in [1.54, 1.807) is 4.90 Å². The molecule has 0 spiro atoms. The van der Waals surface area contributed by atoms with E-state index in [1.165, 1.54) is 17.4 Å². The summed E-state index contributed by atoms with van der Waals surface area (Å²) in [5.74, 6) is 0.601. The lowest BCUT2D eigenvalue weighted by molar-refractivity contribution is -0.121. The van der Waals surface area contributed by atoms with Crippen molar-refractivity contribution >= 4 is 17.5 Å². The molecule has 1 fully saturated rings. The highest BCUT2D eigenvalue weighted by Crippen LogP contribution is 2.33. The molecule has 2 aliphatic rings. The van der Waals surface area contributed by atoms with Crippen LogP contribution in [0, 0.1) is 0 Å². The van der Waals surface area contributed by atoms with Gasteiger partial charge in [-0.15, -0.1) is 0 Å². The summed E-state index contributed by atoms with van der Waals surface area (Å²) in [7, 11) is 0. The van der Waals surface area contributed by atoms with Crippen LogP contribution in [0.2, 0.25) is 0 Å². The Morgan fingerprint density at radius 3 is 2.16 bits per heavy atom. The predicted molar refractivity (Wildman–Crippen MR) is 142 cm³/mol. The fourth-order valence-electron chi connectivity index (χ4n) is 5.17. The van der Waals surface area contributed by atoms with Gasteiger partial charge in [-0.05, 0) is 23.3 Å². The van der Waals surface area contributed by atoms with E-state index in [1.807, 2.05) is 41.3 Å². The van der Waals surface area contributed by atoms with Gasteiger partial charge in [-0.2, -0.15) is 0 Å². The highest BCUT2D eigenvalue weighted by Gasteiger charge is 2.31. The van der Waals surface area contributed by atoms with Gasteiger partial charge in [-0.3, -0.25) is 19.4 Å². The molecule has 8 nitrogen and oxygen atoms in total. The van der Waals surface area contributed by atoms with Gasteiger partial charge in [0.1, 0.15) is 18.6 Å². The first-order chi connectivity index (χ1) is 18.7. The van der Waals surface area contributed by atoms with E-state index in [0.717, 1.165) is 13.1 Å². The van der Waals surface area contributed by atoms with E-state index in [-0.39, 0.29) is 36.7 Å². The first-order valence-electron chi connectivity index (χ1n) is 12.8. The van der Waals surface area contributed by atoms with Crippen LogP contribution in [0.25, 0.3) is 0 Å². The number of oxazole rings is 1. The Morgan fingerprint density at radius 2 is 1.47 bits per heavy atom. The van der Waals surface area contributed by atoms with Crippen molar-refractivity contribution in [2.45, 2.75) is 12.6 Å². The first kappa shape index (κ1) is 23.9. The number of rotatable bonds is 6. The normalized spacial score (nSPS) is 15.9. The summed E-state index contributed by atoms with van der Waals surface area (Å²) >= 11 is 0. The number of para-hydroxylation sites is 2. The Morgan fingerprint density at radius 1 is 0.842 bits per heavy atom. The SMILES string of the molecule is O=C(c1coc(CN2C(=O)COc3ccccc32)n1)N1CCN(C(c2ccccc2)c2ccccc2)CC1. The number of fused-ring (bicyclic) bond motifs is 1. The van der Waals surface area contributed by atoms with Crippen LogP contribution in [-0.2, 0) is 11.3 Å². The average Bonchev–Trinajstić information content (AvgIpc) is 3.45. The molecule has 1 saturated heterocycles. The molecule has 8 heteroatoms. The molecule has 0 saturated carbocycles. The lowest BCUT2D eigenvalue weighted by atomic mass is 9.96. The van der Waals surface area contributed by atoms with Crippen molar-refractivity contribution in [3.8, 4) is 5.75 Å². The van der Waals surface area contributed by atoms with Crippen LogP contribution in [0.5, 0.6) is 5.75 Å². The molecule has 0 atom stereocenters. The van der Waals surface area contributed by atoms with Crippen LogP contribution < -0.4 is 9.64 Å². The molecule has 3 aromatic carbocycles. The molecule has 2 amide bonds. The van der Waals surface area contributed by atoms with Crippen molar-refractivity contribution in [1.29, 1.82) is 0 Å². The van der Waals surface area contributed by atoms with E-state index in [9.17, 15) is 9.59 Å². The fourth-order valence-corrected chi connectivity index (χ4v) is 5.17. The number of anilines is 1. The fraction of sp³-hybridized carbons (Fsp3) is 0.233. The van der Waals surface area contributed by atoms with Crippen LogP contribution in [0.1, 0.15) is 33.5 Å². The molecular weight excluding hydrogens is 480 g/mol. The van der Waals surface area contributed by atoms with Gasteiger partial charge in [0.25, 0.3) is 11.8 Å². The van der Waals surface area contributed by atoms with E-state index in [0.29, 0.717) is 30.4 Å². The van der Waals surface area contributed by atoms with Crippen molar-refractivity contribution in [3.63, 3.8) is 0 Å². The number of benzene rings is 3. The highest BCUT2D eigenvalue weighted by molar-refractivity contribution is 5.97. The summed E-state index contributed by atoms with van der Waals surface area (Å²) in [6, 6.07) is 28.4. The summed E-state index contributed by atoms with van der Waals surface area (Å²) in [6.45, 7) is 2.75. The van der Waals surface area contributed by atoms with Crippen LogP contribution in [-0.4, -0.2) is 59.4 Å². The number of carbonyl (C=O) groups excluding carboxylic acids is 2. The molecule has 0 radical (unpaired) electrons. The lowest BCUT2D eigenvalue weighted by Crippen LogP contribution is -2.50. The van der Waals surface area contributed by atoms with Crippen molar-refractivity contribution in [1.82, 2.24) is 14.8 Å². The Labute approximate surface area is 221 Å². The molecule has 192 valence electrons. The van der Waals surface area contributed by atoms with Crippen LogP contribution in [0.3, 0.4) is 0 Å². The van der Waals surface area contributed by atoms with Crippen molar-refractivity contribution in [3.05, 3.63) is 114 Å². The summed E-state index contributed by atoms with van der Waals surface area (Å²) in [5.41, 5.74) is 3.39. The Hall–Kier alpha value is -4.43. The number of hydrogen-bond acceptors (Lipinski definition) is 6. The van der Waals surface area contributed by atoms with Crippen LogP contribution in [0.4, 0.5) is 5.69 Å². The second-order valence-corrected chi connectivity index (χ2v) is 9.41. The Balaban J connectivity index is 1.13. The van der Waals surface area contributed by atoms with Crippen LogP contribution in [0.15, 0.2) is 95.6 Å². The van der Waals surface area contributed by atoms with Gasteiger partial charge in [0.15, 0.2) is 12.3 Å². The summed E-state index contributed by atoms with van der Waals surface area (Å²) < 4.78 is 11.1. The quantitative estimate of drug-likeness (QED) is 0.389. The topological polar surface area (TPSA) is 79.1 Å². The third kappa shape index (κ3) is 4.78. The van der Waals surface area contributed by atoms with E-state index < -0.39 is 0 Å². The zero-order chi connectivity index (χ0) is 25.9. The zero-order valence-electron chi connectivity index (χ0n) is 20.9. The maximum Gasteiger partial charge on any atom is 0.275 e. The second-order valence-electron chi connectivity index (χ2n) is 9.41. The molecule has 1 aromatic heterocycles. The molecule has 3 heterocycles. The molecule has 2 aliphatic heterocycles. The minimum atomic E-state index is -0.183. The minimum absolute atomic E-state index is 0.0409. The number of aromatic nitrogens is 1. The van der Waals surface area contributed by atoms with Gasteiger partial charge >= 0.3 is 0 Å². The molecule has 0 N–H and O–H groups in total. The molecular formula is C30H28N4O4. The van der Waals surface area contributed by atoms with Crippen molar-refractivity contribution in [2.75, 3.05) is 37.7 Å². The number of ether oxygens (including phenoxy) is 1. The van der Waals surface area contributed by atoms with E-state index >= 15 is 0 Å². The number of amides is 2. The molecule has 0 bridgehead atoms. The zero-order valence-corrected chi connectivity index (χ0v) is 20.9. The van der Waals surface area contributed by atoms with E-state index in [2.05, 4.69) is 58.4 Å². The summed E-state index contributed by atoms with van der Waals surface area (Å²) in [4.78, 5) is 36.0. The third-order valence-corrected chi connectivity index (χ3v) is 7.07. The molecule has 38 heavy (non-hydrogen) atoms. The van der Waals surface area contributed by atoms with Gasteiger partial charge < -0.3 is 14.1 Å². The van der Waals surface area contributed by atoms with Gasteiger partial charge in [0.2, 0.25) is 5.89 Å². The van der Waals surface area contributed by atoms with Gasteiger partial charge in [0, 0.05) is 26.2 Å². The van der Waals surface area contributed by atoms with Crippen LogP contribution >= 0.6 is 0 Å². The molecule has 4 aromatic rings. The maximum atomic E-state index is 13.3. The predicted octanol–water partition coefficient (Wildman–Crippen LogP) is 4.15. The molecule has 6 rings (SSSR count). The molecule has 0 unspecified atom stereocenters. The smallest absolute Gasteiger partial charge is 0.275 e. The van der Waals surface area contributed by atoms with Crippen molar-refractivity contribution < 1.29 is 18.7 Å². The minimum Gasteiger partial charge on any atom is -0.482 e. The first-order valence-corrected chi connectivity index (χ1v) is 12.8. The van der Waals surface area contributed by atoms with E-state index in [4.69, 9.17) is 9.15 Å². The second kappa shape index (κ2) is 10.5.